The Hall–Kier alpha value is -2.99. The smallest absolute Gasteiger partial charge is 0.261 e. The van der Waals surface area contributed by atoms with Gasteiger partial charge >= 0.3 is 0 Å². The number of halogens is 1. The van der Waals surface area contributed by atoms with Crippen molar-refractivity contribution in [3.63, 3.8) is 0 Å². The van der Waals surface area contributed by atoms with Crippen LogP contribution in [0.5, 0.6) is 0 Å². The third kappa shape index (κ3) is 4.78. The van der Waals surface area contributed by atoms with Crippen LogP contribution in [0.2, 0.25) is 5.02 Å². The normalized spacial score (nSPS) is 13.4. The number of hydrogen-bond acceptors (Lipinski definition) is 3. The lowest BCUT2D eigenvalue weighted by molar-refractivity contribution is 0.215. The van der Waals surface area contributed by atoms with Crippen LogP contribution in [0.25, 0.3) is 5.69 Å². The molecule has 4 nitrogen and oxygen atoms in total. The number of aliphatic hydroxyl groups is 1. The fourth-order valence-corrected chi connectivity index (χ4v) is 7.01. The molecule has 0 aliphatic rings. The van der Waals surface area contributed by atoms with Gasteiger partial charge in [-0.25, -0.2) is 0 Å². The highest BCUT2D eigenvalue weighted by atomic mass is 35.5. The molecule has 0 spiro atoms. The van der Waals surface area contributed by atoms with Crippen molar-refractivity contribution in [2.75, 3.05) is 5.73 Å². The van der Waals surface area contributed by atoms with Gasteiger partial charge in [0, 0.05) is 17.4 Å². The van der Waals surface area contributed by atoms with Gasteiger partial charge in [0.15, 0.2) is 9.79 Å². The third-order valence-corrected chi connectivity index (χ3v) is 8.61. The van der Waals surface area contributed by atoms with E-state index in [0.717, 1.165) is 10.5 Å². The van der Waals surface area contributed by atoms with Crippen molar-refractivity contribution in [3.05, 3.63) is 118 Å². The predicted octanol–water partition coefficient (Wildman–Crippen LogP) is 5.99. The van der Waals surface area contributed by atoms with Gasteiger partial charge in [-0.2, -0.15) is 0 Å². The van der Waals surface area contributed by atoms with Crippen LogP contribution in [0.15, 0.2) is 106 Å². The van der Waals surface area contributed by atoms with Gasteiger partial charge in [-0.15, -0.1) is 0 Å². The highest BCUT2D eigenvalue weighted by Crippen LogP contribution is 2.39. The number of rotatable bonds is 5. The summed E-state index contributed by atoms with van der Waals surface area (Å²) < 4.78 is 1.36. The minimum Gasteiger partial charge on any atom is -0.399 e. The summed E-state index contributed by atoms with van der Waals surface area (Å²) in [7, 11) is -0.333. The summed E-state index contributed by atoms with van der Waals surface area (Å²) >= 11 is 6.37. The van der Waals surface area contributed by atoms with Crippen LogP contribution in [0, 0.1) is 0 Å². The fourth-order valence-electron chi connectivity index (χ4n) is 4.05. The van der Waals surface area contributed by atoms with E-state index in [1.54, 1.807) is 36.5 Å². The number of anilines is 1. The van der Waals surface area contributed by atoms with E-state index in [1.807, 2.05) is 36.4 Å². The number of hydrogen-bond donors (Lipinski definition) is 2. The molecule has 0 bridgehead atoms. The van der Waals surface area contributed by atoms with Crippen molar-refractivity contribution in [2.24, 2.45) is 0 Å². The van der Waals surface area contributed by atoms with E-state index in [4.69, 9.17) is 17.3 Å². The largest absolute Gasteiger partial charge is 0.399 e. The molecule has 4 rings (SSSR count). The van der Waals surface area contributed by atoms with Gasteiger partial charge in [0.05, 0.1) is 27.2 Å². The summed E-state index contributed by atoms with van der Waals surface area (Å²) in [5.74, 6) is 0. The maximum atomic E-state index is 13.5. The molecule has 34 heavy (non-hydrogen) atoms. The summed E-state index contributed by atoms with van der Waals surface area (Å²) in [6.45, 7) is 6.60. The van der Waals surface area contributed by atoms with E-state index in [1.165, 1.54) is 9.46 Å². The average Bonchev–Trinajstić information content (AvgIpc) is 2.80. The molecule has 0 saturated heterocycles. The lowest BCUT2D eigenvalue weighted by Crippen LogP contribution is -2.30. The first-order valence-electron chi connectivity index (χ1n) is 11.0. The Labute approximate surface area is 208 Å². The van der Waals surface area contributed by atoms with Gasteiger partial charge in [-0.1, -0.05) is 48.0 Å². The van der Waals surface area contributed by atoms with Crippen LogP contribution < -0.4 is 11.3 Å². The highest BCUT2D eigenvalue weighted by Gasteiger charge is 2.41. The molecule has 1 heterocycles. The van der Waals surface area contributed by atoms with Gasteiger partial charge in [0.25, 0.3) is 5.56 Å². The van der Waals surface area contributed by atoms with E-state index in [2.05, 4.69) is 39.0 Å². The van der Waals surface area contributed by atoms with E-state index in [9.17, 15) is 9.90 Å². The van der Waals surface area contributed by atoms with Gasteiger partial charge in [-0.3, -0.25) is 9.36 Å². The van der Waals surface area contributed by atoms with E-state index in [0.29, 0.717) is 16.4 Å². The summed E-state index contributed by atoms with van der Waals surface area (Å²) in [6, 6.07) is 26.6. The number of nitrogens with two attached hydrogens (primary N) is 1. The van der Waals surface area contributed by atoms with Gasteiger partial charge in [0.1, 0.15) is 10.9 Å². The molecular weight excluding hydrogens is 464 g/mol. The molecule has 0 saturated carbocycles. The zero-order valence-corrected chi connectivity index (χ0v) is 21.0. The fraction of sp³-hybridized carbons (Fsp3) is 0.179. The molecule has 6 heteroatoms. The van der Waals surface area contributed by atoms with Gasteiger partial charge in [0.2, 0.25) is 0 Å². The number of benzene rings is 3. The van der Waals surface area contributed by atoms with Crippen LogP contribution in [0.1, 0.15) is 38.0 Å². The predicted molar refractivity (Wildman–Crippen MR) is 142 cm³/mol. The Morgan fingerprint density at radius 2 is 1.56 bits per heavy atom. The molecule has 0 amide bonds. The monoisotopic (exact) mass is 491 g/mol. The number of aromatic nitrogens is 1. The molecule has 3 N–H and O–H groups in total. The second-order valence-electron chi connectivity index (χ2n) is 9.02. The molecule has 2 unspecified atom stereocenters. The summed E-state index contributed by atoms with van der Waals surface area (Å²) in [5.41, 5.74) is 7.53. The van der Waals surface area contributed by atoms with Crippen molar-refractivity contribution in [2.45, 2.75) is 41.4 Å². The second kappa shape index (κ2) is 9.71. The number of nitrogens with zero attached hydrogens (tertiary/aromatic N) is 1. The average molecular weight is 492 g/mol. The molecule has 2 atom stereocenters. The zero-order valence-electron chi connectivity index (χ0n) is 19.4. The Bertz CT molecular complexity index is 1360. The van der Waals surface area contributed by atoms with Crippen LogP contribution in [-0.2, 0) is 10.9 Å². The molecule has 4 aromatic rings. The SMILES string of the molecule is CC(C)(C)[S+](c1ccccc1)c1ccccc1C(O)c1cccn(-c2ccc(N)cc2Cl)c1=O. The van der Waals surface area contributed by atoms with Crippen molar-refractivity contribution in [3.8, 4) is 5.69 Å². The lowest BCUT2D eigenvalue weighted by atomic mass is 10.0. The molecule has 1 aromatic heterocycles. The van der Waals surface area contributed by atoms with Crippen LogP contribution in [-0.4, -0.2) is 14.4 Å². The Morgan fingerprint density at radius 1 is 0.912 bits per heavy atom. The molecule has 0 radical (unpaired) electrons. The summed E-state index contributed by atoms with van der Waals surface area (Å²) in [6.07, 6.45) is 0.552. The molecule has 174 valence electrons. The van der Waals surface area contributed by atoms with Crippen molar-refractivity contribution in [1.82, 2.24) is 4.57 Å². The number of nitrogen functional groups attached to an aromatic ring is 1. The minimum atomic E-state index is -1.09. The van der Waals surface area contributed by atoms with E-state index >= 15 is 0 Å². The maximum absolute atomic E-state index is 13.5. The highest BCUT2D eigenvalue weighted by molar-refractivity contribution is 7.98. The Balaban J connectivity index is 1.85. The first-order valence-corrected chi connectivity index (χ1v) is 12.6. The zero-order chi connectivity index (χ0) is 24.5. The van der Waals surface area contributed by atoms with Crippen LogP contribution >= 0.6 is 11.6 Å². The first kappa shape index (κ1) is 24.1. The Kier molecular flexibility index (Phi) is 6.89. The minimum absolute atomic E-state index is 0.0917. The Morgan fingerprint density at radius 3 is 2.24 bits per heavy atom. The number of aliphatic hydroxyl groups excluding tert-OH is 1. The molecule has 0 aliphatic heterocycles. The standard InChI is InChI=1S/C28H28ClN2O2S/c1-28(2,3)34(20-10-5-4-6-11-20)25-14-8-7-12-21(25)26(32)22-13-9-17-31(27(22)33)24-16-15-19(30)18-23(24)29/h4-18,26,32H,30H2,1-3H3/q+1. The molecule has 0 aliphatic carbocycles. The van der Waals surface area contributed by atoms with Gasteiger partial charge in [-0.05, 0) is 69.3 Å². The van der Waals surface area contributed by atoms with E-state index in [-0.39, 0.29) is 26.8 Å². The summed E-state index contributed by atoms with van der Waals surface area (Å²) in [4.78, 5) is 15.7. The van der Waals surface area contributed by atoms with Crippen LogP contribution in [0.3, 0.4) is 0 Å². The van der Waals surface area contributed by atoms with Gasteiger partial charge < -0.3 is 10.8 Å². The van der Waals surface area contributed by atoms with Crippen molar-refractivity contribution in [1.29, 1.82) is 0 Å². The van der Waals surface area contributed by atoms with Crippen molar-refractivity contribution < 1.29 is 5.11 Å². The first-order chi connectivity index (χ1) is 16.2. The van der Waals surface area contributed by atoms with Crippen molar-refractivity contribution >= 4 is 28.2 Å². The summed E-state index contributed by atoms with van der Waals surface area (Å²) in [5, 5.41) is 11.9. The lowest BCUT2D eigenvalue weighted by Gasteiger charge is -2.24. The molecular formula is C28H28ClN2O2S+. The number of pyridine rings is 1. The molecule has 0 fully saturated rings. The topological polar surface area (TPSA) is 68.2 Å². The van der Waals surface area contributed by atoms with Crippen LogP contribution in [0.4, 0.5) is 5.69 Å². The maximum Gasteiger partial charge on any atom is 0.261 e. The quantitative estimate of drug-likeness (QED) is 0.266. The third-order valence-electron chi connectivity index (χ3n) is 5.53. The molecule has 3 aromatic carbocycles. The van der Waals surface area contributed by atoms with E-state index < -0.39 is 6.10 Å². The second-order valence-corrected chi connectivity index (χ2v) is 12.2.